The molecule has 3 nitrogen and oxygen atoms in total. The molecule has 0 aromatic heterocycles. The zero-order valence-electron chi connectivity index (χ0n) is 8.37. The van der Waals surface area contributed by atoms with E-state index in [2.05, 4.69) is 0 Å². The molecule has 0 amide bonds. The quantitative estimate of drug-likeness (QED) is 0.560. The third kappa shape index (κ3) is 2.33. The lowest BCUT2D eigenvalue weighted by Crippen LogP contribution is -2.40. The monoisotopic (exact) mass is 208 g/mol. The molecule has 0 spiro atoms. The number of hydrogen-bond acceptors (Lipinski definition) is 2. The Bertz CT molecular complexity index is 344. The van der Waals surface area contributed by atoms with Crippen molar-refractivity contribution in [3.63, 3.8) is 0 Å². The Morgan fingerprint density at radius 1 is 1.20 bits per heavy atom. The van der Waals surface area contributed by atoms with Crippen molar-refractivity contribution >= 4 is 5.84 Å². The maximum Gasteiger partial charge on any atom is 0.128 e. The summed E-state index contributed by atoms with van der Waals surface area (Å²) in [4.78, 5) is 1.94. The Morgan fingerprint density at radius 2 is 1.80 bits per heavy atom. The highest BCUT2D eigenvalue weighted by Crippen LogP contribution is 2.08. The number of benzene rings is 1. The molecule has 0 saturated carbocycles. The number of halogens is 1. The molecule has 1 aliphatic heterocycles. The average Bonchev–Trinajstić information content (AvgIpc) is 2.30. The summed E-state index contributed by atoms with van der Waals surface area (Å²) in [6, 6.07) is 6.02. The Labute approximate surface area is 88.0 Å². The molecule has 0 bridgehead atoms. The van der Waals surface area contributed by atoms with Crippen molar-refractivity contribution in [1.82, 2.24) is 4.90 Å². The molecule has 1 heterocycles. The average molecular weight is 208 g/mol. The van der Waals surface area contributed by atoms with Crippen molar-refractivity contribution in [3.8, 4) is 0 Å². The Kier molecular flexibility index (Phi) is 2.97. The fourth-order valence-electron chi connectivity index (χ4n) is 1.58. The van der Waals surface area contributed by atoms with E-state index in [9.17, 15) is 4.39 Å². The molecule has 1 fully saturated rings. The summed E-state index contributed by atoms with van der Waals surface area (Å²) in [7, 11) is 0. The first-order valence-electron chi connectivity index (χ1n) is 4.94. The van der Waals surface area contributed by atoms with Crippen LogP contribution in [0, 0.1) is 11.2 Å². The van der Waals surface area contributed by atoms with Crippen LogP contribution >= 0.6 is 0 Å². The summed E-state index contributed by atoms with van der Waals surface area (Å²) in [5.41, 5.74) is 0.748. The molecule has 80 valence electrons. The van der Waals surface area contributed by atoms with Gasteiger partial charge in [-0.05, 0) is 24.3 Å². The van der Waals surface area contributed by atoms with Crippen molar-refractivity contribution in [1.29, 1.82) is 5.41 Å². The fourth-order valence-corrected chi connectivity index (χ4v) is 1.58. The molecule has 1 N–H and O–H groups in total. The molecule has 0 aliphatic carbocycles. The summed E-state index contributed by atoms with van der Waals surface area (Å²) >= 11 is 0. The van der Waals surface area contributed by atoms with Gasteiger partial charge in [0, 0.05) is 18.7 Å². The summed E-state index contributed by atoms with van der Waals surface area (Å²) < 4.78 is 17.9. The first kappa shape index (κ1) is 10.1. The third-order valence-electron chi connectivity index (χ3n) is 2.44. The second kappa shape index (κ2) is 4.40. The number of nitrogens with zero attached hydrogens (tertiary/aromatic N) is 1. The number of morpholine rings is 1. The van der Waals surface area contributed by atoms with Crippen LogP contribution in [0.3, 0.4) is 0 Å². The number of hydrogen-bond donors (Lipinski definition) is 1. The van der Waals surface area contributed by atoms with Gasteiger partial charge < -0.3 is 9.64 Å². The van der Waals surface area contributed by atoms with E-state index in [4.69, 9.17) is 10.1 Å². The zero-order valence-corrected chi connectivity index (χ0v) is 8.37. The molecule has 4 heteroatoms. The minimum absolute atomic E-state index is 0.270. The van der Waals surface area contributed by atoms with Crippen LogP contribution in [0.4, 0.5) is 4.39 Å². The molecular formula is C11H13FN2O. The van der Waals surface area contributed by atoms with Gasteiger partial charge in [0.25, 0.3) is 0 Å². The van der Waals surface area contributed by atoms with Crippen LogP contribution in [0.15, 0.2) is 24.3 Å². The second-order valence-corrected chi connectivity index (χ2v) is 3.45. The molecule has 15 heavy (non-hydrogen) atoms. The highest BCUT2D eigenvalue weighted by atomic mass is 19.1. The Balaban J connectivity index is 2.09. The summed E-state index contributed by atoms with van der Waals surface area (Å²) in [6.07, 6.45) is 0. The van der Waals surface area contributed by atoms with Crippen molar-refractivity contribution < 1.29 is 9.13 Å². The van der Waals surface area contributed by atoms with Gasteiger partial charge in [-0.15, -0.1) is 0 Å². The van der Waals surface area contributed by atoms with E-state index in [1.165, 1.54) is 12.1 Å². The van der Waals surface area contributed by atoms with E-state index in [1.807, 2.05) is 4.90 Å². The molecule has 0 unspecified atom stereocenters. The maximum absolute atomic E-state index is 12.7. The van der Waals surface area contributed by atoms with Crippen LogP contribution in [-0.2, 0) is 4.74 Å². The smallest absolute Gasteiger partial charge is 0.128 e. The van der Waals surface area contributed by atoms with E-state index in [0.29, 0.717) is 19.0 Å². The fraction of sp³-hybridized carbons (Fsp3) is 0.364. The van der Waals surface area contributed by atoms with Crippen molar-refractivity contribution in [2.75, 3.05) is 26.3 Å². The first-order chi connectivity index (χ1) is 7.27. The maximum atomic E-state index is 12.7. The predicted octanol–water partition coefficient (Wildman–Crippen LogP) is 1.48. The summed E-state index contributed by atoms with van der Waals surface area (Å²) in [5.74, 6) is 0.173. The molecule has 0 atom stereocenters. The molecule has 0 radical (unpaired) electrons. The first-order valence-corrected chi connectivity index (χ1v) is 4.94. The van der Waals surface area contributed by atoms with E-state index in [1.54, 1.807) is 12.1 Å². The zero-order chi connectivity index (χ0) is 10.7. The Morgan fingerprint density at radius 3 is 2.40 bits per heavy atom. The third-order valence-corrected chi connectivity index (χ3v) is 2.44. The predicted molar refractivity (Wildman–Crippen MR) is 55.6 cm³/mol. The number of nitrogens with one attached hydrogen (secondary N) is 1. The van der Waals surface area contributed by atoms with Gasteiger partial charge in [-0.25, -0.2) is 4.39 Å². The minimum atomic E-state index is -0.270. The minimum Gasteiger partial charge on any atom is -0.378 e. The molecule has 1 saturated heterocycles. The van der Waals surface area contributed by atoms with Crippen molar-refractivity contribution in [2.24, 2.45) is 0 Å². The molecule has 2 rings (SSSR count). The van der Waals surface area contributed by atoms with Gasteiger partial charge in [-0.1, -0.05) is 0 Å². The molecule has 1 aromatic rings. The van der Waals surface area contributed by atoms with Crippen LogP contribution in [0.5, 0.6) is 0 Å². The van der Waals surface area contributed by atoms with Crippen LogP contribution in [0.1, 0.15) is 5.56 Å². The molecule has 1 aliphatic rings. The van der Waals surface area contributed by atoms with Crippen LogP contribution in [0.25, 0.3) is 0 Å². The molecular weight excluding hydrogens is 195 g/mol. The number of amidine groups is 1. The normalized spacial score (nSPS) is 16.5. The van der Waals surface area contributed by atoms with Crippen molar-refractivity contribution in [2.45, 2.75) is 0 Å². The largest absolute Gasteiger partial charge is 0.378 e. The topological polar surface area (TPSA) is 36.3 Å². The highest BCUT2D eigenvalue weighted by molar-refractivity contribution is 5.96. The Hall–Kier alpha value is -1.42. The highest BCUT2D eigenvalue weighted by Gasteiger charge is 2.14. The SMILES string of the molecule is N=C(c1ccc(F)cc1)N1CCOCC1. The van der Waals surface area contributed by atoms with E-state index < -0.39 is 0 Å². The lowest BCUT2D eigenvalue weighted by Gasteiger charge is -2.29. The lowest BCUT2D eigenvalue weighted by molar-refractivity contribution is 0.0680. The summed E-state index contributed by atoms with van der Waals surface area (Å²) in [6.45, 7) is 2.78. The standard InChI is InChI=1S/C11H13FN2O/c12-10-3-1-9(2-4-10)11(13)14-5-7-15-8-6-14/h1-4,13H,5-8H2. The van der Waals surface area contributed by atoms with E-state index >= 15 is 0 Å². The van der Waals surface area contributed by atoms with Crippen molar-refractivity contribution in [3.05, 3.63) is 35.6 Å². The van der Waals surface area contributed by atoms with Gasteiger partial charge >= 0.3 is 0 Å². The van der Waals surface area contributed by atoms with Crippen LogP contribution < -0.4 is 0 Å². The summed E-state index contributed by atoms with van der Waals surface area (Å²) in [5, 5.41) is 7.94. The van der Waals surface area contributed by atoms with Gasteiger partial charge in [0.15, 0.2) is 0 Å². The second-order valence-electron chi connectivity index (χ2n) is 3.45. The molecule has 1 aromatic carbocycles. The number of ether oxygens (including phenoxy) is 1. The van der Waals surface area contributed by atoms with Gasteiger partial charge in [-0.3, -0.25) is 5.41 Å². The van der Waals surface area contributed by atoms with Gasteiger partial charge in [-0.2, -0.15) is 0 Å². The van der Waals surface area contributed by atoms with Gasteiger partial charge in [0.05, 0.1) is 13.2 Å². The van der Waals surface area contributed by atoms with Gasteiger partial charge in [0.1, 0.15) is 11.7 Å². The van der Waals surface area contributed by atoms with Crippen LogP contribution in [0.2, 0.25) is 0 Å². The van der Waals surface area contributed by atoms with Crippen LogP contribution in [-0.4, -0.2) is 37.0 Å². The number of rotatable bonds is 1. The lowest BCUT2D eigenvalue weighted by atomic mass is 10.2. The van der Waals surface area contributed by atoms with Gasteiger partial charge in [0.2, 0.25) is 0 Å². The van der Waals surface area contributed by atoms with E-state index in [0.717, 1.165) is 18.7 Å². The van der Waals surface area contributed by atoms with E-state index in [-0.39, 0.29) is 5.82 Å².